The van der Waals surface area contributed by atoms with Crippen LogP contribution >= 0.6 is 0 Å². The van der Waals surface area contributed by atoms with Crippen molar-refractivity contribution in [2.24, 2.45) is 0 Å². The van der Waals surface area contributed by atoms with Crippen LogP contribution in [0, 0.1) is 5.82 Å². The van der Waals surface area contributed by atoms with Gasteiger partial charge >= 0.3 is 0 Å². The number of nitrogens with zero attached hydrogens (tertiary/aromatic N) is 4. The molecular weight excluding hydrogens is 319 g/mol. The van der Waals surface area contributed by atoms with Crippen molar-refractivity contribution in [3.8, 4) is 5.69 Å². The van der Waals surface area contributed by atoms with Crippen molar-refractivity contribution in [2.45, 2.75) is 37.8 Å². The summed E-state index contributed by atoms with van der Waals surface area (Å²) in [5, 5.41) is 0. The van der Waals surface area contributed by atoms with E-state index in [9.17, 15) is 9.18 Å². The summed E-state index contributed by atoms with van der Waals surface area (Å²) >= 11 is 0. The summed E-state index contributed by atoms with van der Waals surface area (Å²) in [5.74, 6) is -0.273. The second-order valence-corrected chi connectivity index (χ2v) is 7.02. The average Bonchev–Trinajstić information content (AvgIpc) is 3.34. The highest BCUT2D eigenvalue weighted by Crippen LogP contribution is 2.30. The Balaban J connectivity index is 1.61. The second kappa shape index (κ2) is 6.59. The lowest BCUT2D eigenvalue weighted by atomic mass is 10.0. The molecule has 3 heterocycles. The summed E-state index contributed by atoms with van der Waals surface area (Å²) in [4.78, 5) is 21.8. The lowest BCUT2D eigenvalue weighted by Gasteiger charge is -2.33. The van der Waals surface area contributed by atoms with E-state index in [1.165, 1.54) is 18.6 Å². The van der Waals surface area contributed by atoms with Crippen molar-refractivity contribution in [1.29, 1.82) is 0 Å². The van der Waals surface area contributed by atoms with E-state index >= 15 is 0 Å². The van der Waals surface area contributed by atoms with Crippen molar-refractivity contribution in [3.05, 3.63) is 48.3 Å². The Bertz CT molecular complexity index is 757. The molecule has 0 N–H and O–H groups in total. The van der Waals surface area contributed by atoms with Gasteiger partial charge in [0.05, 0.1) is 12.5 Å². The van der Waals surface area contributed by atoms with Gasteiger partial charge < -0.3 is 9.80 Å². The van der Waals surface area contributed by atoms with Crippen LogP contribution in [-0.2, 0) is 0 Å². The zero-order valence-corrected chi connectivity index (χ0v) is 14.4. The fraction of sp³-hybridized carbons (Fsp3) is 0.474. The summed E-state index contributed by atoms with van der Waals surface area (Å²) in [6, 6.07) is 6.86. The number of likely N-dealkylation sites (tertiary alicyclic amines) is 2. The zero-order valence-electron chi connectivity index (χ0n) is 14.4. The predicted molar refractivity (Wildman–Crippen MR) is 93.2 cm³/mol. The van der Waals surface area contributed by atoms with E-state index in [4.69, 9.17) is 0 Å². The molecule has 2 aliphatic heterocycles. The van der Waals surface area contributed by atoms with Gasteiger partial charge in [0, 0.05) is 24.3 Å². The first kappa shape index (κ1) is 16.3. The van der Waals surface area contributed by atoms with Gasteiger partial charge in [-0.15, -0.1) is 0 Å². The normalized spacial score (nSPS) is 24.2. The van der Waals surface area contributed by atoms with E-state index in [-0.39, 0.29) is 17.8 Å². The first-order valence-corrected chi connectivity index (χ1v) is 8.94. The molecule has 2 aliphatic rings. The Morgan fingerprint density at radius 2 is 1.84 bits per heavy atom. The molecule has 132 valence electrons. The maximum atomic E-state index is 13.2. The lowest BCUT2D eigenvalue weighted by Crippen LogP contribution is -2.47. The van der Waals surface area contributed by atoms with Crippen molar-refractivity contribution in [1.82, 2.24) is 19.4 Å². The minimum atomic E-state index is -0.291. The minimum Gasteiger partial charge on any atom is -0.333 e. The van der Waals surface area contributed by atoms with E-state index in [0.29, 0.717) is 11.7 Å². The van der Waals surface area contributed by atoms with Crippen LogP contribution in [-0.4, -0.2) is 57.5 Å². The van der Waals surface area contributed by atoms with Gasteiger partial charge in [-0.05, 0) is 63.5 Å². The number of likely N-dealkylation sites (N-methyl/N-ethyl adjacent to an activating group) is 1. The zero-order chi connectivity index (χ0) is 17.4. The first-order chi connectivity index (χ1) is 12.1. The molecule has 0 spiro atoms. The van der Waals surface area contributed by atoms with E-state index in [1.807, 2.05) is 4.90 Å². The average molecular weight is 342 g/mol. The molecule has 2 saturated heterocycles. The minimum absolute atomic E-state index is 0.0182. The third-order valence-corrected chi connectivity index (χ3v) is 5.54. The largest absolute Gasteiger partial charge is 0.333 e. The van der Waals surface area contributed by atoms with Crippen LogP contribution in [0.2, 0.25) is 0 Å². The molecule has 1 aromatic carbocycles. The molecule has 2 aromatic rings. The van der Waals surface area contributed by atoms with Crippen molar-refractivity contribution in [2.75, 3.05) is 20.1 Å². The van der Waals surface area contributed by atoms with Crippen LogP contribution in [0.1, 0.15) is 36.2 Å². The highest BCUT2D eigenvalue weighted by Gasteiger charge is 2.39. The predicted octanol–water partition coefficient (Wildman–Crippen LogP) is 2.71. The van der Waals surface area contributed by atoms with E-state index in [2.05, 4.69) is 16.9 Å². The number of hydrogen-bond donors (Lipinski definition) is 0. The number of imidazole rings is 1. The Kier molecular flexibility index (Phi) is 4.29. The molecule has 25 heavy (non-hydrogen) atoms. The third kappa shape index (κ3) is 2.95. The summed E-state index contributed by atoms with van der Waals surface area (Å²) in [6.45, 7) is 1.90. The molecule has 5 nitrogen and oxygen atoms in total. The molecule has 0 aliphatic carbocycles. The number of halogens is 1. The lowest BCUT2D eigenvalue weighted by molar-refractivity contribution is 0.0656. The summed E-state index contributed by atoms with van der Waals surface area (Å²) in [5.41, 5.74) is 1.29. The summed E-state index contributed by atoms with van der Waals surface area (Å²) in [7, 11) is 2.15. The van der Waals surface area contributed by atoms with Gasteiger partial charge in [0.25, 0.3) is 5.91 Å². The number of carbonyl (C=O) groups excluding carboxylic acids is 1. The number of rotatable bonds is 3. The molecule has 1 aromatic heterocycles. The molecule has 0 radical (unpaired) electrons. The van der Waals surface area contributed by atoms with Crippen LogP contribution < -0.4 is 0 Å². The second-order valence-electron chi connectivity index (χ2n) is 7.02. The quantitative estimate of drug-likeness (QED) is 0.861. The molecule has 0 unspecified atom stereocenters. The molecule has 0 bridgehead atoms. The third-order valence-electron chi connectivity index (χ3n) is 5.54. The Morgan fingerprint density at radius 3 is 2.56 bits per heavy atom. The molecule has 4 rings (SSSR count). The Labute approximate surface area is 147 Å². The van der Waals surface area contributed by atoms with Gasteiger partial charge in [0.1, 0.15) is 11.5 Å². The van der Waals surface area contributed by atoms with Crippen LogP contribution in [0.4, 0.5) is 4.39 Å². The van der Waals surface area contributed by atoms with Crippen LogP contribution in [0.3, 0.4) is 0 Å². The number of benzene rings is 1. The standard InChI is InChI=1S/C19H23FN4O/c1-22-10-2-4-16(22)17-5-3-11-23(17)19(25)18-12-21-13-24(18)15-8-6-14(20)7-9-15/h6-9,12-13,16-17H,2-5,10-11H2,1H3/t16-,17-/m1/s1. The first-order valence-electron chi connectivity index (χ1n) is 8.94. The van der Waals surface area contributed by atoms with Gasteiger partial charge in [-0.1, -0.05) is 0 Å². The number of hydrogen-bond acceptors (Lipinski definition) is 3. The van der Waals surface area contributed by atoms with Gasteiger partial charge in [0.2, 0.25) is 0 Å². The highest BCUT2D eigenvalue weighted by molar-refractivity contribution is 5.93. The van der Waals surface area contributed by atoms with E-state index < -0.39 is 0 Å². The molecule has 2 fully saturated rings. The van der Waals surface area contributed by atoms with Crippen molar-refractivity contribution in [3.63, 3.8) is 0 Å². The molecular formula is C19H23FN4O. The molecule has 0 saturated carbocycles. The monoisotopic (exact) mass is 342 g/mol. The number of amides is 1. The van der Waals surface area contributed by atoms with Gasteiger partial charge in [0.15, 0.2) is 0 Å². The smallest absolute Gasteiger partial charge is 0.272 e. The molecule has 2 atom stereocenters. The topological polar surface area (TPSA) is 41.4 Å². The van der Waals surface area contributed by atoms with Crippen LogP contribution in [0.15, 0.2) is 36.8 Å². The van der Waals surface area contributed by atoms with Crippen molar-refractivity contribution >= 4 is 5.91 Å². The van der Waals surface area contributed by atoms with Gasteiger partial charge in [-0.3, -0.25) is 9.36 Å². The maximum Gasteiger partial charge on any atom is 0.272 e. The van der Waals surface area contributed by atoms with Crippen molar-refractivity contribution < 1.29 is 9.18 Å². The van der Waals surface area contributed by atoms with E-state index in [0.717, 1.165) is 38.0 Å². The Hall–Kier alpha value is -2.21. The van der Waals surface area contributed by atoms with Gasteiger partial charge in [-0.25, -0.2) is 9.37 Å². The molecule has 6 heteroatoms. The Morgan fingerprint density at radius 1 is 1.12 bits per heavy atom. The fourth-order valence-corrected chi connectivity index (χ4v) is 4.27. The summed E-state index contributed by atoms with van der Waals surface area (Å²) < 4.78 is 14.9. The highest BCUT2D eigenvalue weighted by atomic mass is 19.1. The number of aromatic nitrogens is 2. The molecule has 1 amide bonds. The van der Waals surface area contributed by atoms with E-state index in [1.54, 1.807) is 29.2 Å². The number of carbonyl (C=O) groups is 1. The maximum absolute atomic E-state index is 13.2. The SMILES string of the molecule is CN1CCC[C@@H]1[C@H]1CCCN1C(=O)c1cncn1-c1ccc(F)cc1. The fourth-order valence-electron chi connectivity index (χ4n) is 4.27. The van der Waals surface area contributed by atoms with Crippen LogP contribution in [0.5, 0.6) is 0 Å². The van der Waals surface area contributed by atoms with Crippen LogP contribution in [0.25, 0.3) is 5.69 Å². The summed E-state index contributed by atoms with van der Waals surface area (Å²) in [6.07, 6.45) is 7.69. The van der Waals surface area contributed by atoms with Gasteiger partial charge in [-0.2, -0.15) is 0 Å².